The molecule has 1 amide bonds. The number of rotatable bonds is 3. The van der Waals surface area contributed by atoms with Crippen molar-refractivity contribution in [2.24, 2.45) is 0 Å². The molecule has 6 heteroatoms. The highest BCUT2D eigenvalue weighted by Gasteiger charge is 2.46. The Morgan fingerprint density at radius 1 is 1.15 bits per heavy atom. The van der Waals surface area contributed by atoms with Gasteiger partial charge in [0, 0.05) is 18.1 Å². The zero-order valence-corrected chi connectivity index (χ0v) is 16.6. The Morgan fingerprint density at radius 2 is 1.81 bits per heavy atom. The molecule has 146 valence electrons. The van der Waals surface area contributed by atoms with Crippen molar-refractivity contribution < 1.29 is 14.3 Å². The molecule has 0 spiro atoms. The first-order valence-electron chi connectivity index (χ1n) is 9.98. The van der Waals surface area contributed by atoms with Crippen LogP contribution < -0.4 is 4.74 Å². The number of piperidine rings is 1. The summed E-state index contributed by atoms with van der Waals surface area (Å²) in [5, 5.41) is 0. The minimum absolute atomic E-state index is 0.172. The molecule has 27 heavy (non-hydrogen) atoms. The molecule has 2 aliphatic rings. The quantitative estimate of drug-likeness (QED) is 0.795. The second kappa shape index (κ2) is 6.73. The van der Waals surface area contributed by atoms with Crippen molar-refractivity contribution in [3.05, 3.63) is 24.3 Å². The van der Waals surface area contributed by atoms with E-state index in [1.807, 2.05) is 50.8 Å². The van der Waals surface area contributed by atoms with E-state index >= 15 is 0 Å². The smallest absolute Gasteiger partial charge is 0.410 e. The molecule has 2 aromatic rings. The SMILES string of the molecule is CCOc1nc2ccccc2n1C1CC2CCC(C1)N2C(=O)OC(C)(C)C. The van der Waals surface area contributed by atoms with E-state index in [-0.39, 0.29) is 24.2 Å². The summed E-state index contributed by atoms with van der Waals surface area (Å²) in [5.41, 5.74) is 1.61. The Hall–Kier alpha value is -2.24. The highest BCUT2D eigenvalue weighted by molar-refractivity contribution is 5.77. The van der Waals surface area contributed by atoms with Gasteiger partial charge in [0.05, 0.1) is 17.6 Å². The largest absolute Gasteiger partial charge is 0.465 e. The summed E-state index contributed by atoms with van der Waals surface area (Å²) in [6.45, 7) is 8.34. The fourth-order valence-electron chi connectivity index (χ4n) is 4.58. The van der Waals surface area contributed by atoms with Crippen LogP contribution in [-0.2, 0) is 4.74 Å². The standard InChI is InChI=1S/C21H29N3O3/c1-5-26-19-22-17-8-6-7-9-18(17)24(19)16-12-14-10-11-15(13-16)23(14)20(25)27-21(2,3)4/h6-9,14-16H,5,10-13H2,1-4H3. The lowest BCUT2D eigenvalue weighted by atomic mass is 9.97. The summed E-state index contributed by atoms with van der Waals surface area (Å²) >= 11 is 0. The number of aromatic nitrogens is 2. The van der Waals surface area contributed by atoms with Crippen molar-refractivity contribution in [3.63, 3.8) is 0 Å². The Bertz CT molecular complexity index is 825. The predicted molar refractivity (Wildman–Crippen MR) is 104 cm³/mol. The monoisotopic (exact) mass is 371 g/mol. The molecular weight excluding hydrogens is 342 g/mol. The highest BCUT2D eigenvalue weighted by Crippen LogP contribution is 2.44. The van der Waals surface area contributed by atoms with Crippen LogP contribution in [0.5, 0.6) is 6.01 Å². The molecule has 1 aromatic carbocycles. The maximum absolute atomic E-state index is 12.7. The summed E-state index contributed by atoms with van der Waals surface area (Å²) in [7, 11) is 0. The van der Waals surface area contributed by atoms with E-state index in [4.69, 9.17) is 9.47 Å². The second-order valence-corrected chi connectivity index (χ2v) is 8.58. The number of ether oxygens (including phenoxy) is 2. The third-order valence-corrected chi connectivity index (χ3v) is 5.51. The first-order valence-corrected chi connectivity index (χ1v) is 9.98. The van der Waals surface area contributed by atoms with Crippen molar-refractivity contribution >= 4 is 17.1 Å². The lowest BCUT2D eigenvalue weighted by Gasteiger charge is -2.40. The predicted octanol–water partition coefficient (Wildman–Crippen LogP) is 4.54. The molecule has 0 aliphatic carbocycles. The third-order valence-electron chi connectivity index (χ3n) is 5.51. The number of fused-ring (bicyclic) bond motifs is 3. The number of para-hydroxylation sites is 2. The minimum atomic E-state index is -0.462. The first-order chi connectivity index (χ1) is 12.9. The van der Waals surface area contributed by atoms with E-state index in [2.05, 4.69) is 15.6 Å². The molecule has 0 radical (unpaired) electrons. The van der Waals surface area contributed by atoms with Gasteiger partial charge in [-0.25, -0.2) is 4.79 Å². The fourth-order valence-corrected chi connectivity index (χ4v) is 4.58. The van der Waals surface area contributed by atoms with Gasteiger partial charge in [0.1, 0.15) is 5.60 Å². The number of nitrogens with zero attached hydrogens (tertiary/aromatic N) is 3. The molecule has 2 unspecified atom stereocenters. The van der Waals surface area contributed by atoms with Gasteiger partial charge in [-0.05, 0) is 65.5 Å². The van der Waals surface area contributed by atoms with Gasteiger partial charge in [-0.2, -0.15) is 4.98 Å². The lowest BCUT2D eigenvalue weighted by molar-refractivity contribution is 0.00281. The van der Waals surface area contributed by atoms with Gasteiger partial charge in [0.25, 0.3) is 6.01 Å². The van der Waals surface area contributed by atoms with Crippen LogP contribution in [0.2, 0.25) is 0 Å². The Balaban J connectivity index is 1.61. The van der Waals surface area contributed by atoms with E-state index in [0.29, 0.717) is 12.6 Å². The maximum atomic E-state index is 12.7. The average molecular weight is 371 g/mol. The number of carbonyl (C=O) groups is 1. The van der Waals surface area contributed by atoms with Crippen LogP contribution in [-0.4, -0.2) is 44.8 Å². The molecular formula is C21H29N3O3. The van der Waals surface area contributed by atoms with Gasteiger partial charge < -0.3 is 14.4 Å². The number of imidazole rings is 1. The molecule has 2 atom stereocenters. The van der Waals surface area contributed by atoms with E-state index in [9.17, 15) is 4.79 Å². The third kappa shape index (κ3) is 3.37. The van der Waals surface area contributed by atoms with Crippen LogP contribution in [0, 0.1) is 0 Å². The molecule has 2 aliphatic heterocycles. The van der Waals surface area contributed by atoms with Crippen molar-refractivity contribution in [1.29, 1.82) is 0 Å². The molecule has 0 saturated carbocycles. The number of hydrogen-bond acceptors (Lipinski definition) is 4. The van der Waals surface area contributed by atoms with Crippen molar-refractivity contribution in [3.8, 4) is 6.01 Å². The molecule has 2 fully saturated rings. The summed E-state index contributed by atoms with van der Waals surface area (Å²) in [6, 6.07) is 9.60. The summed E-state index contributed by atoms with van der Waals surface area (Å²) in [5.74, 6) is 0. The minimum Gasteiger partial charge on any atom is -0.465 e. The van der Waals surface area contributed by atoms with Gasteiger partial charge >= 0.3 is 6.09 Å². The molecule has 1 aromatic heterocycles. The molecule has 2 bridgehead atoms. The van der Waals surface area contributed by atoms with Crippen molar-refractivity contribution in [2.45, 2.75) is 77.1 Å². The summed E-state index contributed by atoms with van der Waals surface area (Å²) in [6.07, 6.45) is 3.73. The fraction of sp³-hybridized carbons (Fsp3) is 0.619. The molecule has 3 heterocycles. The second-order valence-electron chi connectivity index (χ2n) is 8.58. The van der Waals surface area contributed by atoms with Crippen LogP contribution in [0.1, 0.15) is 59.4 Å². The maximum Gasteiger partial charge on any atom is 0.410 e. The van der Waals surface area contributed by atoms with Gasteiger partial charge in [-0.15, -0.1) is 0 Å². The lowest BCUT2D eigenvalue weighted by Crippen LogP contribution is -2.48. The van der Waals surface area contributed by atoms with Crippen molar-refractivity contribution in [2.75, 3.05) is 6.61 Å². The van der Waals surface area contributed by atoms with Crippen LogP contribution in [0.15, 0.2) is 24.3 Å². The summed E-state index contributed by atoms with van der Waals surface area (Å²) < 4.78 is 13.8. The topological polar surface area (TPSA) is 56.6 Å². The Kier molecular flexibility index (Phi) is 4.52. The van der Waals surface area contributed by atoms with E-state index in [0.717, 1.165) is 36.7 Å². The number of hydrogen-bond donors (Lipinski definition) is 0. The van der Waals surface area contributed by atoms with Crippen molar-refractivity contribution in [1.82, 2.24) is 14.5 Å². The number of amides is 1. The Labute approximate surface area is 160 Å². The first kappa shape index (κ1) is 18.1. The highest BCUT2D eigenvalue weighted by atomic mass is 16.6. The van der Waals surface area contributed by atoms with Crippen LogP contribution in [0.4, 0.5) is 4.79 Å². The van der Waals surface area contributed by atoms with Gasteiger partial charge in [-0.1, -0.05) is 12.1 Å². The van der Waals surface area contributed by atoms with E-state index in [1.165, 1.54) is 0 Å². The number of carbonyl (C=O) groups excluding carboxylic acids is 1. The van der Waals surface area contributed by atoms with E-state index < -0.39 is 5.60 Å². The average Bonchev–Trinajstić information content (AvgIpc) is 3.08. The van der Waals surface area contributed by atoms with Gasteiger partial charge in [0.15, 0.2) is 0 Å². The van der Waals surface area contributed by atoms with Crippen LogP contribution in [0.3, 0.4) is 0 Å². The molecule has 2 saturated heterocycles. The normalized spacial score (nSPS) is 25.0. The molecule has 0 N–H and O–H groups in total. The zero-order chi connectivity index (χ0) is 19.2. The Morgan fingerprint density at radius 3 is 2.44 bits per heavy atom. The van der Waals surface area contributed by atoms with E-state index in [1.54, 1.807) is 0 Å². The summed E-state index contributed by atoms with van der Waals surface area (Å²) in [4.78, 5) is 19.4. The van der Waals surface area contributed by atoms with Gasteiger partial charge in [0.2, 0.25) is 0 Å². The molecule has 4 rings (SSSR count). The molecule has 6 nitrogen and oxygen atoms in total. The van der Waals surface area contributed by atoms with Crippen LogP contribution in [0.25, 0.3) is 11.0 Å². The zero-order valence-electron chi connectivity index (χ0n) is 16.6. The van der Waals surface area contributed by atoms with Crippen LogP contribution >= 0.6 is 0 Å². The number of benzene rings is 1. The van der Waals surface area contributed by atoms with Gasteiger partial charge in [-0.3, -0.25) is 4.57 Å².